The monoisotopic (exact) mass is 261 g/mol. The molecule has 1 N–H and O–H groups in total. The molecule has 2 bridgehead atoms. The van der Waals surface area contributed by atoms with Gasteiger partial charge in [-0.05, 0) is 24.5 Å². The topological polar surface area (TPSA) is 37.4 Å². The zero-order chi connectivity index (χ0) is 13.2. The van der Waals surface area contributed by atoms with Gasteiger partial charge in [0.1, 0.15) is 5.82 Å². The van der Waals surface area contributed by atoms with Crippen molar-refractivity contribution in [1.29, 1.82) is 0 Å². The number of hydrogen-bond donors (Lipinski definition) is 1. The molecule has 0 radical (unpaired) electrons. The van der Waals surface area contributed by atoms with Crippen molar-refractivity contribution < 1.29 is 4.74 Å². The Morgan fingerprint density at radius 1 is 1.32 bits per heavy atom. The van der Waals surface area contributed by atoms with Crippen LogP contribution in [0, 0.1) is 0 Å². The Balaban J connectivity index is 1.62. The van der Waals surface area contributed by atoms with Gasteiger partial charge in [0.05, 0.1) is 12.2 Å². The summed E-state index contributed by atoms with van der Waals surface area (Å²) in [6, 6.07) is 4.83. The summed E-state index contributed by atoms with van der Waals surface area (Å²) in [4.78, 5) is 6.97. The number of hydrogen-bond acceptors (Lipinski definition) is 4. The highest BCUT2D eigenvalue weighted by molar-refractivity contribution is 5.40. The lowest BCUT2D eigenvalue weighted by molar-refractivity contribution is 0.0302. The number of fused-ring (bicyclic) bond motifs is 2. The molecule has 2 unspecified atom stereocenters. The van der Waals surface area contributed by atoms with Crippen molar-refractivity contribution in [1.82, 2.24) is 10.3 Å². The number of aromatic nitrogens is 1. The third kappa shape index (κ3) is 3.07. The summed E-state index contributed by atoms with van der Waals surface area (Å²) < 4.78 is 5.86. The van der Waals surface area contributed by atoms with Gasteiger partial charge in [-0.25, -0.2) is 4.98 Å². The Labute approximate surface area is 115 Å². The van der Waals surface area contributed by atoms with E-state index in [1.54, 1.807) is 0 Å². The smallest absolute Gasteiger partial charge is 0.128 e. The Morgan fingerprint density at radius 3 is 2.63 bits per heavy atom. The first kappa shape index (κ1) is 12.9. The van der Waals surface area contributed by atoms with E-state index in [1.807, 2.05) is 6.20 Å². The average molecular weight is 261 g/mol. The molecule has 3 rings (SSSR count). The summed E-state index contributed by atoms with van der Waals surface area (Å²) in [5.41, 5.74) is 1.24. The van der Waals surface area contributed by atoms with Crippen molar-refractivity contribution in [3.63, 3.8) is 0 Å². The van der Waals surface area contributed by atoms with Gasteiger partial charge in [0, 0.05) is 31.9 Å². The van der Waals surface area contributed by atoms with Crippen molar-refractivity contribution in [2.45, 2.75) is 51.5 Å². The molecular weight excluding hydrogens is 238 g/mol. The van der Waals surface area contributed by atoms with Crippen LogP contribution in [0.25, 0.3) is 0 Å². The number of rotatable bonds is 4. The molecule has 2 aliphatic heterocycles. The predicted octanol–water partition coefficient (Wildman–Crippen LogP) is 1.95. The Kier molecular flexibility index (Phi) is 3.71. The highest BCUT2D eigenvalue weighted by Crippen LogP contribution is 2.28. The van der Waals surface area contributed by atoms with Crippen LogP contribution in [0.1, 0.15) is 32.3 Å². The van der Waals surface area contributed by atoms with Crippen LogP contribution in [0.2, 0.25) is 0 Å². The van der Waals surface area contributed by atoms with Crippen molar-refractivity contribution >= 4 is 5.82 Å². The molecule has 19 heavy (non-hydrogen) atoms. The molecule has 2 saturated heterocycles. The number of anilines is 1. The molecule has 3 heterocycles. The van der Waals surface area contributed by atoms with Gasteiger partial charge in [-0.1, -0.05) is 19.9 Å². The molecule has 1 aromatic heterocycles. The minimum absolute atomic E-state index is 0.419. The molecule has 0 aliphatic carbocycles. The van der Waals surface area contributed by atoms with Crippen LogP contribution in [0.5, 0.6) is 0 Å². The molecule has 2 aliphatic rings. The molecule has 0 amide bonds. The maximum absolute atomic E-state index is 5.86. The summed E-state index contributed by atoms with van der Waals surface area (Å²) in [5.74, 6) is 1.09. The number of morpholine rings is 1. The van der Waals surface area contributed by atoms with E-state index in [9.17, 15) is 0 Å². The second kappa shape index (κ2) is 5.47. The largest absolute Gasteiger partial charge is 0.371 e. The predicted molar refractivity (Wildman–Crippen MR) is 76.3 cm³/mol. The van der Waals surface area contributed by atoms with E-state index in [1.165, 1.54) is 18.4 Å². The van der Waals surface area contributed by atoms with E-state index in [0.29, 0.717) is 18.2 Å². The van der Waals surface area contributed by atoms with E-state index >= 15 is 0 Å². The highest BCUT2D eigenvalue weighted by Gasteiger charge is 2.34. The second-order valence-corrected chi connectivity index (χ2v) is 5.92. The van der Waals surface area contributed by atoms with Crippen molar-refractivity contribution in [3.8, 4) is 0 Å². The number of ether oxygens (including phenoxy) is 1. The second-order valence-electron chi connectivity index (χ2n) is 5.92. The van der Waals surface area contributed by atoms with Crippen LogP contribution in [0.3, 0.4) is 0 Å². The molecule has 4 nitrogen and oxygen atoms in total. The van der Waals surface area contributed by atoms with Gasteiger partial charge < -0.3 is 15.0 Å². The van der Waals surface area contributed by atoms with Crippen molar-refractivity contribution in [3.05, 3.63) is 23.9 Å². The summed E-state index contributed by atoms with van der Waals surface area (Å²) in [6.07, 6.45) is 5.24. The third-order valence-electron chi connectivity index (χ3n) is 3.89. The molecule has 4 heteroatoms. The zero-order valence-electron chi connectivity index (χ0n) is 11.8. The van der Waals surface area contributed by atoms with Gasteiger partial charge >= 0.3 is 0 Å². The molecule has 0 saturated carbocycles. The number of nitrogens with one attached hydrogen (secondary N) is 1. The Hall–Kier alpha value is -1.13. The highest BCUT2D eigenvalue weighted by atomic mass is 16.5. The van der Waals surface area contributed by atoms with E-state index in [-0.39, 0.29) is 0 Å². The van der Waals surface area contributed by atoms with E-state index in [0.717, 1.165) is 25.5 Å². The molecule has 0 aromatic carbocycles. The van der Waals surface area contributed by atoms with E-state index in [4.69, 9.17) is 4.74 Å². The van der Waals surface area contributed by atoms with Crippen LogP contribution in [0.4, 0.5) is 5.82 Å². The lowest BCUT2D eigenvalue weighted by atomic mass is 10.2. The Bertz CT molecular complexity index is 406. The van der Waals surface area contributed by atoms with Crippen molar-refractivity contribution in [2.75, 3.05) is 18.0 Å². The quantitative estimate of drug-likeness (QED) is 0.899. The van der Waals surface area contributed by atoms with Crippen LogP contribution in [-0.2, 0) is 11.3 Å². The van der Waals surface area contributed by atoms with Crippen LogP contribution < -0.4 is 10.2 Å². The molecule has 0 spiro atoms. The molecule has 1 aromatic rings. The molecular formula is C15H23N3O. The third-order valence-corrected chi connectivity index (χ3v) is 3.89. The lowest BCUT2D eigenvalue weighted by Gasteiger charge is -2.33. The molecule has 104 valence electrons. The van der Waals surface area contributed by atoms with Crippen LogP contribution in [-0.4, -0.2) is 36.3 Å². The van der Waals surface area contributed by atoms with Gasteiger partial charge in [-0.15, -0.1) is 0 Å². The van der Waals surface area contributed by atoms with Gasteiger partial charge in [-0.2, -0.15) is 0 Å². The summed E-state index contributed by atoms with van der Waals surface area (Å²) in [5, 5.41) is 3.41. The molecule has 2 fully saturated rings. The normalized spacial score (nSPS) is 26.2. The van der Waals surface area contributed by atoms with E-state index < -0.39 is 0 Å². The summed E-state index contributed by atoms with van der Waals surface area (Å²) >= 11 is 0. The zero-order valence-corrected chi connectivity index (χ0v) is 11.8. The minimum Gasteiger partial charge on any atom is -0.371 e. The summed E-state index contributed by atoms with van der Waals surface area (Å²) in [6.45, 7) is 7.19. The lowest BCUT2D eigenvalue weighted by Crippen LogP contribution is -2.43. The SMILES string of the molecule is CC(C)NCc1ccc(N2CC3CCC(C2)O3)nc1. The first-order valence-electron chi connectivity index (χ1n) is 7.29. The van der Waals surface area contributed by atoms with Gasteiger partial charge in [-0.3, -0.25) is 0 Å². The maximum Gasteiger partial charge on any atom is 0.128 e. The first-order valence-corrected chi connectivity index (χ1v) is 7.29. The van der Waals surface area contributed by atoms with Crippen molar-refractivity contribution in [2.24, 2.45) is 0 Å². The Morgan fingerprint density at radius 2 is 2.05 bits per heavy atom. The van der Waals surface area contributed by atoms with Gasteiger partial charge in [0.25, 0.3) is 0 Å². The fourth-order valence-corrected chi connectivity index (χ4v) is 2.83. The summed E-state index contributed by atoms with van der Waals surface area (Å²) in [7, 11) is 0. The molecule has 2 atom stereocenters. The van der Waals surface area contributed by atoms with Gasteiger partial charge in [0.2, 0.25) is 0 Å². The minimum atomic E-state index is 0.419. The van der Waals surface area contributed by atoms with E-state index in [2.05, 4.69) is 41.2 Å². The fourth-order valence-electron chi connectivity index (χ4n) is 2.83. The number of pyridine rings is 1. The number of nitrogens with zero attached hydrogens (tertiary/aromatic N) is 2. The fraction of sp³-hybridized carbons (Fsp3) is 0.667. The van der Waals surface area contributed by atoms with Gasteiger partial charge in [0.15, 0.2) is 0 Å². The van der Waals surface area contributed by atoms with Crippen LogP contribution in [0.15, 0.2) is 18.3 Å². The maximum atomic E-state index is 5.86. The van der Waals surface area contributed by atoms with Crippen LogP contribution >= 0.6 is 0 Å². The average Bonchev–Trinajstić information content (AvgIpc) is 2.76. The standard InChI is InChI=1S/C15H23N3O/c1-11(2)16-7-12-3-6-15(17-8-12)18-9-13-4-5-14(10-18)19-13/h3,6,8,11,13-14,16H,4-5,7,9-10H2,1-2H3. The first-order chi connectivity index (χ1) is 9.20.